The molecule has 0 N–H and O–H groups in total. The molecule has 16 heteroatoms. The summed E-state index contributed by atoms with van der Waals surface area (Å²) in [5, 5.41) is 0. The van der Waals surface area contributed by atoms with E-state index in [0.717, 1.165) is 0 Å². The Hall–Kier alpha value is 0.862. The summed E-state index contributed by atoms with van der Waals surface area (Å²) in [6.45, 7) is 0. The van der Waals surface area contributed by atoms with Crippen LogP contribution in [0, 0.1) is 0 Å². The van der Waals surface area contributed by atoms with Crippen molar-refractivity contribution < 1.29 is 75.1 Å². The second-order valence-corrected chi connectivity index (χ2v) is 4.02. The third-order valence-electron chi connectivity index (χ3n) is 0. The van der Waals surface area contributed by atoms with E-state index in [2.05, 4.69) is 0 Å². The zero-order chi connectivity index (χ0) is 13.5. The van der Waals surface area contributed by atoms with Gasteiger partial charge in [0.15, 0.2) is 0 Å². The van der Waals surface area contributed by atoms with Crippen molar-refractivity contribution in [1.29, 1.82) is 0 Å². The van der Waals surface area contributed by atoms with E-state index >= 15 is 0 Å². The Morgan fingerprint density at radius 2 is 0.438 bits per heavy atom. The second kappa shape index (κ2) is 9.85. The van der Waals surface area contributed by atoms with E-state index in [0.29, 0.717) is 0 Å². The van der Waals surface area contributed by atoms with Crippen LogP contribution in [0.3, 0.4) is 0 Å². The summed E-state index contributed by atoms with van der Waals surface area (Å²) >= 11 is 0. The molecule has 0 saturated heterocycles. The SMILES string of the molecule is O=P([O-])([O-])[O-].O=P([O-])([O-])[O-].O=P([O-])([O-])[O-].[Cr+3]. The van der Waals surface area contributed by atoms with E-state index in [4.69, 9.17) is 57.7 Å². The molecule has 0 aliphatic heterocycles. The third-order valence-corrected chi connectivity index (χ3v) is 0. The van der Waals surface area contributed by atoms with Crippen molar-refractivity contribution in [3.63, 3.8) is 0 Å². The molecule has 99 valence electrons. The zero-order valence-corrected chi connectivity index (χ0v) is 10.6. The first-order chi connectivity index (χ1) is 6.00. The minimum atomic E-state index is -5.39. The first-order valence-corrected chi connectivity index (χ1v) is 6.57. The van der Waals surface area contributed by atoms with E-state index in [-0.39, 0.29) is 17.4 Å². The van der Waals surface area contributed by atoms with Crippen LogP contribution in [0.2, 0.25) is 0 Å². The third kappa shape index (κ3) is 3840. The van der Waals surface area contributed by atoms with Crippen LogP contribution >= 0.6 is 23.5 Å². The normalized spacial score (nSPS) is 11.1. The molecule has 0 aromatic carbocycles. The van der Waals surface area contributed by atoms with Gasteiger partial charge in [-0.25, -0.2) is 0 Å². The molecule has 0 bridgehead atoms. The Labute approximate surface area is 99.1 Å². The summed E-state index contributed by atoms with van der Waals surface area (Å²) in [6, 6.07) is 0. The molecule has 0 saturated carbocycles. The van der Waals surface area contributed by atoms with Gasteiger partial charge in [-0.1, -0.05) is 0 Å². The largest absolute Gasteiger partial charge is 3.00 e. The second-order valence-electron chi connectivity index (χ2n) is 1.34. The van der Waals surface area contributed by atoms with E-state index in [1.807, 2.05) is 0 Å². The maximum atomic E-state index is 8.55. The van der Waals surface area contributed by atoms with Crippen molar-refractivity contribution >= 4 is 23.5 Å². The molecule has 0 atom stereocenters. The maximum Gasteiger partial charge on any atom is 3.00 e. The number of hydrogen-bond acceptors (Lipinski definition) is 12. The molecule has 12 nitrogen and oxygen atoms in total. The Bertz CT molecular complexity index is 202. The fourth-order valence-electron chi connectivity index (χ4n) is 0. The molecule has 0 rings (SSSR count). The van der Waals surface area contributed by atoms with Crippen LogP contribution in [0.1, 0.15) is 0 Å². The summed E-state index contributed by atoms with van der Waals surface area (Å²) in [5.41, 5.74) is 0. The zero-order valence-electron chi connectivity index (χ0n) is 6.65. The molecule has 0 aliphatic rings. The minimum Gasteiger partial charge on any atom is -0.822 e. The Kier molecular flexibility index (Phi) is 15.8. The van der Waals surface area contributed by atoms with Gasteiger partial charge < -0.3 is 57.7 Å². The van der Waals surface area contributed by atoms with Crippen LogP contribution in [0.5, 0.6) is 0 Å². The van der Waals surface area contributed by atoms with Gasteiger partial charge >= 0.3 is 17.4 Å². The van der Waals surface area contributed by atoms with Crippen molar-refractivity contribution in [3.05, 3.63) is 0 Å². The first kappa shape index (κ1) is 25.6. The van der Waals surface area contributed by atoms with Crippen molar-refractivity contribution in [2.75, 3.05) is 0 Å². The van der Waals surface area contributed by atoms with Crippen molar-refractivity contribution in [2.24, 2.45) is 0 Å². The molecule has 0 fully saturated rings. The van der Waals surface area contributed by atoms with Crippen LogP contribution in [-0.4, -0.2) is 0 Å². The maximum absolute atomic E-state index is 8.55. The molecular formula is CrO12P3-6. The summed E-state index contributed by atoms with van der Waals surface area (Å²) in [4.78, 5) is 76.9. The van der Waals surface area contributed by atoms with Crippen LogP contribution < -0.4 is 44.0 Å². The fourth-order valence-corrected chi connectivity index (χ4v) is 0. The molecule has 0 amide bonds. The molecule has 0 heterocycles. The van der Waals surface area contributed by atoms with E-state index < -0.39 is 23.5 Å². The first-order valence-electron chi connectivity index (χ1n) is 2.19. The molecule has 16 heavy (non-hydrogen) atoms. The van der Waals surface area contributed by atoms with Crippen molar-refractivity contribution in [3.8, 4) is 0 Å². The van der Waals surface area contributed by atoms with Crippen molar-refractivity contribution in [2.45, 2.75) is 0 Å². The Morgan fingerprint density at radius 3 is 0.438 bits per heavy atom. The summed E-state index contributed by atoms with van der Waals surface area (Å²) in [7, 11) is -16.2. The van der Waals surface area contributed by atoms with E-state index in [1.54, 1.807) is 0 Å². The van der Waals surface area contributed by atoms with Gasteiger partial charge in [0.05, 0.1) is 0 Å². The summed E-state index contributed by atoms with van der Waals surface area (Å²) < 4.78 is 25.6. The smallest absolute Gasteiger partial charge is 0.822 e. The predicted octanol–water partition coefficient (Wildman–Crippen LogP) is -8.48. The molecule has 0 unspecified atom stereocenters. The van der Waals surface area contributed by atoms with Gasteiger partial charge in [-0.3, -0.25) is 0 Å². The van der Waals surface area contributed by atoms with E-state index in [9.17, 15) is 0 Å². The van der Waals surface area contributed by atoms with Gasteiger partial charge in [-0.2, -0.15) is 23.5 Å². The van der Waals surface area contributed by atoms with Crippen LogP contribution in [0.25, 0.3) is 0 Å². The molecule has 0 aromatic heterocycles. The van der Waals surface area contributed by atoms with Crippen molar-refractivity contribution in [1.82, 2.24) is 0 Å². The molecule has 1 radical (unpaired) electrons. The standard InChI is InChI=1S/Cr.3H3O4P/c;3*1-5(2,3)4/h;3*(H3,1,2,3,4)/q+3;;;/p-9. The molecular weight excluding hydrogens is 337 g/mol. The summed E-state index contributed by atoms with van der Waals surface area (Å²) in [6.07, 6.45) is 0. The van der Waals surface area contributed by atoms with Gasteiger partial charge in [0, 0.05) is 0 Å². The predicted molar refractivity (Wildman–Crippen MR) is 22.8 cm³/mol. The molecule has 0 spiro atoms. The molecule has 0 aliphatic carbocycles. The van der Waals surface area contributed by atoms with Gasteiger partial charge in [0.25, 0.3) is 0 Å². The number of hydrogen-bond donors (Lipinski definition) is 0. The van der Waals surface area contributed by atoms with Crippen LogP contribution in [0.4, 0.5) is 0 Å². The quantitative estimate of drug-likeness (QED) is 0.373. The minimum absolute atomic E-state index is 0. The van der Waals surface area contributed by atoms with Crippen LogP contribution in [0.15, 0.2) is 0 Å². The van der Waals surface area contributed by atoms with E-state index in [1.165, 1.54) is 0 Å². The van der Waals surface area contributed by atoms with Gasteiger partial charge in [-0.15, -0.1) is 0 Å². The average molecular weight is 337 g/mol. The van der Waals surface area contributed by atoms with Crippen LogP contribution in [-0.2, 0) is 31.1 Å². The number of rotatable bonds is 0. The van der Waals surface area contributed by atoms with Gasteiger partial charge in [-0.05, 0) is 0 Å². The Morgan fingerprint density at radius 1 is 0.438 bits per heavy atom. The Balaban J connectivity index is -0.0000000655. The van der Waals surface area contributed by atoms with Gasteiger partial charge in [0.1, 0.15) is 0 Å². The monoisotopic (exact) mass is 337 g/mol. The summed E-state index contributed by atoms with van der Waals surface area (Å²) in [5.74, 6) is 0. The van der Waals surface area contributed by atoms with Gasteiger partial charge in [0.2, 0.25) is 0 Å². The molecule has 0 aromatic rings. The fraction of sp³-hybridized carbons (Fsp3) is 0. The topological polar surface area (TPSA) is 259 Å². The number of phosphoric acid groups is 3. The average Bonchev–Trinajstić information content (AvgIpc) is 1.41.